The lowest BCUT2D eigenvalue weighted by Gasteiger charge is -2.29. The SMILES string of the molecule is Cc1cc(F)ccc1NC(=O)N1CC[C@H](CN2CCCCC2)C1. The Morgan fingerprint density at radius 3 is 2.78 bits per heavy atom. The first-order valence-electron chi connectivity index (χ1n) is 8.66. The number of hydrogen-bond donors (Lipinski definition) is 1. The van der Waals surface area contributed by atoms with Crippen LogP contribution in [0.1, 0.15) is 31.2 Å². The van der Waals surface area contributed by atoms with Gasteiger partial charge in [0.25, 0.3) is 0 Å². The van der Waals surface area contributed by atoms with E-state index in [9.17, 15) is 9.18 Å². The first-order chi connectivity index (χ1) is 11.1. The third kappa shape index (κ3) is 4.22. The van der Waals surface area contributed by atoms with E-state index in [-0.39, 0.29) is 11.8 Å². The second-order valence-corrected chi connectivity index (χ2v) is 6.85. The zero-order valence-corrected chi connectivity index (χ0v) is 13.9. The Balaban J connectivity index is 1.50. The Kier molecular flexibility index (Phi) is 5.16. The normalized spacial score (nSPS) is 22.3. The van der Waals surface area contributed by atoms with Gasteiger partial charge >= 0.3 is 6.03 Å². The number of carbonyl (C=O) groups is 1. The smallest absolute Gasteiger partial charge is 0.321 e. The summed E-state index contributed by atoms with van der Waals surface area (Å²) >= 11 is 0. The molecule has 2 aliphatic rings. The molecule has 0 spiro atoms. The number of nitrogens with one attached hydrogen (secondary N) is 1. The molecule has 2 saturated heterocycles. The highest BCUT2D eigenvalue weighted by Gasteiger charge is 2.28. The molecule has 0 saturated carbocycles. The van der Waals surface area contributed by atoms with Gasteiger partial charge in [-0.2, -0.15) is 0 Å². The van der Waals surface area contributed by atoms with Crippen LogP contribution in [0, 0.1) is 18.7 Å². The Hall–Kier alpha value is -1.62. The summed E-state index contributed by atoms with van der Waals surface area (Å²) in [6, 6.07) is 4.38. The van der Waals surface area contributed by atoms with Gasteiger partial charge in [-0.05, 0) is 69.0 Å². The molecular weight excluding hydrogens is 293 g/mol. The van der Waals surface area contributed by atoms with Gasteiger partial charge in [0.2, 0.25) is 0 Å². The average molecular weight is 319 g/mol. The first-order valence-corrected chi connectivity index (χ1v) is 8.66. The highest BCUT2D eigenvalue weighted by atomic mass is 19.1. The number of benzene rings is 1. The fourth-order valence-electron chi connectivity index (χ4n) is 3.63. The lowest BCUT2D eigenvalue weighted by atomic mass is 10.1. The average Bonchev–Trinajstić information content (AvgIpc) is 3.00. The van der Waals surface area contributed by atoms with E-state index in [2.05, 4.69) is 10.2 Å². The number of urea groups is 1. The number of carbonyl (C=O) groups excluding carboxylic acids is 1. The van der Waals surface area contributed by atoms with Crippen molar-refractivity contribution in [2.45, 2.75) is 32.6 Å². The summed E-state index contributed by atoms with van der Waals surface area (Å²) in [6.45, 7) is 6.96. The minimum atomic E-state index is -0.275. The summed E-state index contributed by atoms with van der Waals surface area (Å²) in [5.74, 6) is 0.302. The van der Waals surface area contributed by atoms with Crippen molar-refractivity contribution in [1.82, 2.24) is 9.80 Å². The molecule has 1 aromatic carbocycles. The van der Waals surface area contributed by atoms with Crippen LogP contribution in [-0.4, -0.2) is 48.6 Å². The van der Waals surface area contributed by atoms with E-state index in [1.165, 1.54) is 44.5 Å². The third-order valence-electron chi connectivity index (χ3n) is 4.97. The number of rotatable bonds is 3. The number of amides is 2. The number of anilines is 1. The highest BCUT2D eigenvalue weighted by molar-refractivity contribution is 5.90. The summed E-state index contributed by atoms with van der Waals surface area (Å²) < 4.78 is 13.1. The van der Waals surface area contributed by atoms with Crippen LogP contribution < -0.4 is 5.32 Å². The van der Waals surface area contributed by atoms with E-state index < -0.39 is 0 Å². The van der Waals surface area contributed by atoms with Crippen molar-refractivity contribution in [3.63, 3.8) is 0 Å². The van der Waals surface area contributed by atoms with Crippen LogP contribution in [0.2, 0.25) is 0 Å². The van der Waals surface area contributed by atoms with Gasteiger partial charge in [-0.3, -0.25) is 0 Å². The monoisotopic (exact) mass is 319 g/mol. The summed E-state index contributed by atoms with van der Waals surface area (Å²) in [5.41, 5.74) is 1.44. The lowest BCUT2D eigenvalue weighted by molar-refractivity contribution is 0.192. The summed E-state index contributed by atoms with van der Waals surface area (Å²) in [6.07, 6.45) is 5.04. The Labute approximate surface area is 137 Å². The van der Waals surface area contributed by atoms with E-state index >= 15 is 0 Å². The van der Waals surface area contributed by atoms with Gasteiger partial charge < -0.3 is 15.1 Å². The van der Waals surface area contributed by atoms with Crippen molar-refractivity contribution >= 4 is 11.7 Å². The van der Waals surface area contributed by atoms with Gasteiger partial charge in [-0.15, -0.1) is 0 Å². The number of aryl methyl sites for hydroxylation is 1. The molecule has 0 bridgehead atoms. The van der Waals surface area contributed by atoms with Crippen LogP contribution in [0.4, 0.5) is 14.9 Å². The zero-order chi connectivity index (χ0) is 16.2. The molecule has 2 amide bonds. The van der Waals surface area contributed by atoms with E-state index in [4.69, 9.17) is 0 Å². The Morgan fingerprint density at radius 2 is 2.04 bits per heavy atom. The highest BCUT2D eigenvalue weighted by Crippen LogP contribution is 2.22. The van der Waals surface area contributed by atoms with Crippen LogP contribution in [-0.2, 0) is 0 Å². The molecule has 2 heterocycles. The molecule has 2 fully saturated rings. The second kappa shape index (κ2) is 7.30. The van der Waals surface area contributed by atoms with Gasteiger partial charge in [0, 0.05) is 25.3 Å². The molecule has 126 valence electrons. The van der Waals surface area contributed by atoms with Crippen molar-refractivity contribution in [3.05, 3.63) is 29.6 Å². The standard InChI is InChI=1S/C18H26FN3O/c1-14-11-16(19)5-6-17(14)20-18(23)22-10-7-15(13-22)12-21-8-3-2-4-9-21/h5-6,11,15H,2-4,7-10,12-13H2,1H3,(H,20,23)/t15-/m1/s1. The molecule has 1 N–H and O–H groups in total. The molecule has 4 nitrogen and oxygen atoms in total. The van der Waals surface area contributed by atoms with Gasteiger partial charge in [0.05, 0.1) is 0 Å². The number of halogens is 1. The maximum Gasteiger partial charge on any atom is 0.321 e. The summed E-state index contributed by atoms with van der Waals surface area (Å²) in [4.78, 5) is 16.8. The lowest BCUT2D eigenvalue weighted by Crippen LogP contribution is -2.37. The molecule has 2 aliphatic heterocycles. The minimum absolute atomic E-state index is 0.0687. The number of hydrogen-bond acceptors (Lipinski definition) is 2. The van der Waals surface area contributed by atoms with E-state index in [0.29, 0.717) is 11.6 Å². The van der Waals surface area contributed by atoms with Gasteiger partial charge in [-0.1, -0.05) is 6.42 Å². The predicted octanol–water partition coefficient (Wildman–Crippen LogP) is 3.47. The van der Waals surface area contributed by atoms with E-state index in [1.807, 2.05) is 11.8 Å². The number of piperidine rings is 1. The van der Waals surface area contributed by atoms with Crippen LogP contribution in [0.25, 0.3) is 0 Å². The molecular formula is C18H26FN3O. The molecule has 1 atom stereocenters. The summed E-state index contributed by atoms with van der Waals surface area (Å²) in [7, 11) is 0. The van der Waals surface area contributed by atoms with Crippen molar-refractivity contribution in [2.24, 2.45) is 5.92 Å². The first kappa shape index (κ1) is 16.2. The number of likely N-dealkylation sites (tertiary alicyclic amines) is 2. The van der Waals surface area contributed by atoms with Gasteiger partial charge in [-0.25, -0.2) is 9.18 Å². The Morgan fingerprint density at radius 1 is 1.26 bits per heavy atom. The fourth-order valence-corrected chi connectivity index (χ4v) is 3.63. The predicted molar refractivity (Wildman–Crippen MR) is 90.1 cm³/mol. The largest absolute Gasteiger partial charge is 0.324 e. The summed E-state index contributed by atoms with van der Waals surface area (Å²) in [5, 5.41) is 2.91. The topological polar surface area (TPSA) is 35.6 Å². The molecule has 5 heteroatoms. The van der Waals surface area contributed by atoms with Crippen molar-refractivity contribution in [2.75, 3.05) is 38.0 Å². The number of nitrogens with zero attached hydrogens (tertiary/aromatic N) is 2. The fraction of sp³-hybridized carbons (Fsp3) is 0.611. The van der Waals surface area contributed by atoms with Crippen molar-refractivity contribution in [3.8, 4) is 0 Å². The van der Waals surface area contributed by atoms with Crippen LogP contribution in [0.5, 0.6) is 0 Å². The van der Waals surface area contributed by atoms with Gasteiger partial charge in [0.1, 0.15) is 5.82 Å². The zero-order valence-electron chi connectivity index (χ0n) is 13.9. The Bertz CT molecular complexity index is 557. The molecule has 0 aromatic heterocycles. The quantitative estimate of drug-likeness (QED) is 0.926. The molecule has 23 heavy (non-hydrogen) atoms. The molecule has 1 aromatic rings. The molecule has 3 rings (SSSR count). The van der Waals surface area contributed by atoms with Gasteiger partial charge in [0.15, 0.2) is 0 Å². The molecule has 0 unspecified atom stereocenters. The maximum absolute atomic E-state index is 13.1. The minimum Gasteiger partial charge on any atom is -0.324 e. The maximum atomic E-state index is 13.1. The van der Waals surface area contributed by atoms with Crippen LogP contribution >= 0.6 is 0 Å². The van der Waals surface area contributed by atoms with E-state index in [1.54, 1.807) is 6.07 Å². The molecule has 0 aliphatic carbocycles. The van der Waals surface area contributed by atoms with Crippen LogP contribution in [0.3, 0.4) is 0 Å². The second-order valence-electron chi connectivity index (χ2n) is 6.85. The molecule has 0 radical (unpaired) electrons. The third-order valence-corrected chi connectivity index (χ3v) is 4.97. The van der Waals surface area contributed by atoms with E-state index in [0.717, 1.165) is 31.6 Å². The van der Waals surface area contributed by atoms with Crippen molar-refractivity contribution in [1.29, 1.82) is 0 Å². The van der Waals surface area contributed by atoms with Crippen LogP contribution in [0.15, 0.2) is 18.2 Å². The van der Waals surface area contributed by atoms with Crippen molar-refractivity contribution < 1.29 is 9.18 Å².